The third-order valence-electron chi connectivity index (χ3n) is 3.94. The minimum Gasteiger partial charge on any atom is -0.383 e. The second kappa shape index (κ2) is 4.53. The Hall–Kier alpha value is -2.95. The molecule has 22 heavy (non-hydrogen) atoms. The fraction of sp³-hybridized carbons (Fsp3) is 0.118. The van der Waals surface area contributed by atoms with E-state index in [0.717, 1.165) is 44.5 Å². The molecule has 3 N–H and O–H groups in total. The van der Waals surface area contributed by atoms with Crippen LogP contribution in [0, 0.1) is 13.8 Å². The molecule has 0 aliphatic heterocycles. The third-order valence-corrected chi connectivity index (χ3v) is 3.94. The number of nitrogen functional groups attached to an aromatic ring is 1. The number of nitrogens with one attached hydrogen (secondary N) is 1. The fourth-order valence-electron chi connectivity index (χ4n) is 2.93. The van der Waals surface area contributed by atoms with Gasteiger partial charge in [-0.05, 0) is 38.1 Å². The predicted molar refractivity (Wildman–Crippen MR) is 88.5 cm³/mol. The first-order chi connectivity index (χ1) is 10.6. The fourth-order valence-corrected chi connectivity index (χ4v) is 2.93. The molecular weight excluding hydrogens is 274 g/mol. The summed E-state index contributed by atoms with van der Waals surface area (Å²) in [6.45, 7) is 4.02. The SMILES string of the molecule is Cc1ccc2c(-c3nccc4c(N)nccc34)c(C)[nH]c2n1. The van der Waals surface area contributed by atoms with E-state index in [2.05, 4.69) is 26.0 Å². The molecule has 0 saturated heterocycles. The molecule has 5 nitrogen and oxygen atoms in total. The monoisotopic (exact) mass is 289 g/mol. The first-order valence-electron chi connectivity index (χ1n) is 7.10. The van der Waals surface area contributed by atoms with E-state index in [1.165, 1.54) is 0 Å². The van der Waals surface area contributed by atoms with Gasteiger partial charge in [0.1, 0.15) is 11.5 Å². The second-order valence-electron chi connectivity index (χ2n) is 5.42. The Bertz CT molecular complexity index is 1020. The maximum Gasteiger partial charge on any atom is 0.138 e. The lowest BCUT2D eigenvalue weighted by atomic mass is 10.0. The number of H-pyrrole nitrogens is 1. The van der Waals surface area contributed by atoms with E-state index in [9.17, 15) is 0 Å². The largest absolute Gasteiger partial charge is 0.383 e. The van der Waals surface area contributed by atoms with Gasteiger partial charge in [0.25, 0.3) is 0 Å². The molecule has 0 aromatic carbocycles. The van der Waals surface area contributed by atoms with E-state index < -0.39 is 0 Å². The lowest BCUT2D eigenvalue weighted by Gasteiger charge is -2.07. The Morgan fingerprint density at radius 3 is 2.55 bits per heavy atom. The molecule has 0 amide bonds. The zero-order valence-corrected chi connectivity index (χ0v) is 12.4. The summed E-state index contributed by atoms with van der Waals surface area (Å²) in [4.78, 5) is 16.7. The highest BCUT2D eigenvalue weighted by atomic mass is 14.9. The van der Waals surface area contributed by atoms with E-state index in [4.69, 9.17) is 5.73 Å². The van der Waals surface area contributed by atoms with Gasteiger partial charge in [0.15, 0.2) is 0 Å². The van der Waals surface area contributed by atoms with Gasteiger partial charge in [-0.1, -0.05) is 0 Å². The Morgan fingerprint density at radius 1 is 0.909 bits per heavy atom. The van der Waals surface area contributed by atoms with E-state index in [1.807, 2.05) is 32.0 Å². The van der Waals surface area contributed by atoms with Crippen LogP contribution in [0.25, 0.3) is 33.1 Å². The van der Waals surface area contributed by atoms with Crippen molar-refractivity contribution in [3.05, 3.63) is 48.0 Å². The van der Waals surface area contributed by atoms with Gasteiger partial charge in [-0.2, -0.15) is 0 Å². The Labute approximate surface area is 127 Å². The number of nitrogens with zero attached hydrogens (tertiary/aromatic N) is 3. The minimum absolute atomic E-state index is 0.521. The van der Waals surface area contributed by atoms with Crippen molar-refractivity contribution in [1.82, 2.24) is 19.9 Å². The molecule has 108 valence electrons. The average molecular weight is 289 g/mol. The number of pyridine rings is 3. The van der Waals surface area contributed by atoms with Crippen LogP contribution in [-0.4, -0.2) is 19.9 Å². The van der Waals surface area contributed by atoms with Crippen LogP contribution in [0.4, 0.5) is 5.82 Å². The van der Waals surface area contributed by atoms with Crippen molar-refractivity contribution >= 4 is 27.6 Å². The van der Waals surface area contributed by atoms with Crippen molar-refractivity contribution in [3.8, 4) is 11.3 Å². The normalized spacial score (nSPS) is 11.4. The molecule has 0 radical (unpaired) electrons. The number of anilines is 1. The Kier molecular flexibility index (Phi) is 2.63. The van der Waals surface area contributed by atoms with Crippen LogP contribution >= 0.6 is 0 Å². The van der Waals surface area contributed by atoms with Gasteiger partial charge < -0.3 is 10.7 Å². The number of aromatic nitrogens is 4. The summed E-state index contributed by atoms with van der Waals surface area (Å²) in [7, 11) is 0. The van der Waals surface area contributed by atoms with Crippen molar-refractivity contribution < 1.29 is 0 Å². The first kappa shape index (κ1) is 12.8. The smallest absolute Gasteiger partial charge is 0.138 e. The zero-order chi connectivity index (χ0) is 15.3. The van der Waals surface area contributed by atoms with E-state index in [1.54, 1.807) is 12.4 Å². The molecule has 0 aliphatic carbocycles. The van der Waals surface area contributed by atoms with Crippen molar-refractivity contribution in [2.24, 2.45) is 0 Å². The van der Waals surface area contributed by atoms with Gasteiger partial charge in [0.2, 0.25) is 0 Å². The molecule has 4 aromatic heterocycles. The number of fused-ring (bicyclic) bond motifs is 2. The highest BCUT2D eigenvalue weighted by Crippen LogP contribution is 2.35. The summed E-state index contributed by atoms with van der Waals surface area (Å²) in [5.74, 6) is 0.521. The number of aromatic amines is 1. The van der Waals surface area contributed by atoms with E-state index in [-0.39, 0.29) is 0 Å². The van der Waals surface area contributed by atoms with Gasteiger partial charge in [-0.15, -0.1) is 0 Å². The van der Waals surface area contributed by atoms with Crippen molar-refractivity contribution in [1.29, 1.82) is 0 Å². The van der Waals surface area contributed by atoms with E-state index >= 15 is 0 Å². The molecule has 4 aromatic rings. The summed E-state index contributed by atoms with van der Waals surface area (Å²) >= 11 is 0. The van der Waals surface area contributed by atoms with E-state index in [0.29, 0.717) is 5.82 Å². The summed E-state index contributed by atoms with van der Waals surface area (Å²) < 4.78 is 0. The average Bonchev–Trinajstić information content (AvgIpc) is 2.82. The molecule has 0 saturated carbocycles. The molecule has 4 rings (SSSR count). The zero-order valence-electron chi connectivity index (χ0n) is 12.4. The topological polar surface area (TPSA) is 80.5 Å². The predicted octanol–water partition coefficient (Wildman–Crippen LogP) is 3.37. The van der Waals surface area contributed by atoms with Crippen molar-refractivity contribution in [2.45, 2.75) is 13.8 Å². The molecule has 0 spiro atoms. The molecule has 0 atom stereocenters. The second-order valence-corrected chi connectivity index (χ2v) is 5.42. The Morgan fingerprint density at radius 2 is 1.68 bits per heavy atom. The Balaban J connectivity index is 2.12. The summed E-state index contributed by atoms with van der Waals surface area (Å²) in [6, 6.07) is 7.95. The number of nitrogens with two attached hydrogens (primary N) is 1. The van der Waals surface area contributed by atoms with Crippen LogP contribution in [-0.2, 0) is 0 Å². The highest BCUT2D eigenvalue weighted by Gasteiger charge is 2.16. The molecule has 5 heteroatoms. The van der Waals surface area contributed by atoms with Gasteiger partial charge >= 0.3 is 0 Å². The lowest BCUT2D eigenvalue weighted by Crippen LogP contribution is -1.94. The van der Waals surface area contributed by atoms with Crippen LogP contribution in [0.3, 0.4) is 0 Å². The number of aryl methyl sites for hydroxylation is 2. The summed E-state index contributed by atoms with van der Waals surface area (Å²) in [5, 5.41) is 2.99. The van der Waals surface area contributed by atoms with Crippen LogP contribution in [0.5, 0.6) is 0 Å². The number of rotatable bonds is 1. The molecule has 0 aliphatic rings. The van der Waals surface area contributed by atoms with Gasteiger partial charge in [-0.3, -0.25) is 4.98 Å². The highest BCUT2D eigenvalue weighted by molar-refractivity contribution is 6.05. The van der Waals surface area contributed by atoms with Gasteiger partial charge in [-0.25, -0.2) is 9.97 Å². The summed E-state index contributed by atoms with van der Waals surface area (Å²) in [5.41, 5.74) is 10.9. The maximum absolute atomic E-state index is 5.99. The maximum atomic E-state index is 5.99. The summed E-state index contributed by atoms with van der Waals surface area (Å²) in [6.07, 6.45) is 3.49. The molecule has 0 bridgehead atoms. The van der Waals surface area contributed by atoms with Crippen LogP contribution in [0.1, 0.15) is 11.4 Å². The van der Waals surface area contributed by atoms with Crippen LogP contribution in [0.15, 0.2) is 36.7 Å². The molecule has 0 unspecified atom stereocenters. The lowest BCUT2D eigenvalue weighted by molar-refractivity contribution is 1.19. The third kappa shape index (κ3) is 1.75. The van der Waals surface area contributed by atoms with Crippen LogP contribution < -0.4 is 5.73 Å². The standard InChI is InChI=1S/C17H15N5/c1-9-3-4-13-14(10(2)22-17(13)21-9)15-11-5-8-20-16(18)12(11)6-7-19-15/h3-8H,1-2H3,(H2,18,20)(H,21,22). The number of hydrogen-bond donors (Lipinski definition) is 2. The van der Waals surface area contributed by atoms with Crippen LogP contribution in [0.2, 0.25) is 0 Å². The quantitative estimate of drug-likeness (QED) is 0.563. The first-order valence-corrected chi connectivity index (χ1v) is 7.10. The molecular formula is C17H15N5. The van der Waals surface area contributed by atoms with Crippen molar-refractivity contribution in [3.63, 3.8) is 0 Å². The van der Waals surface area contributed by atoms with Crippen molar-refractivity contribution in [2.75, 3.05) is 5.73 Å². The molecule has 0 fully saturated rings. The molecule has 4 heterocycles. The van der Waals surface area contributed by atoms with Gasteiger partial charge in [0.05, 0.1) is 5.69 Å². The number of hydrogen-bond acceptors (Lipinski definition) is 4. The van der Waals surface area contributed by atoms with Gasteiger partial charge in [0, 0.05) is 45.5 Å². The minimum atomic E-state index is 0.521.